The second-order valence-corrected chi connectivity index (χ2v) is 7.81. The number of thiocarbonyl (C=S) groups is 1. The lowest BCUT2D eigenvalue weighted by molar-refractivity contribution is 0.897. The second kappa shape index (κ2) is 9.17. The first-order chi connectivity index (χ1) is 11.5. The van der Waals surface area contributed by atoms with Crippen LogP contribution in [0.5, 0.6) is 0 Å². The average molecular weight is 397 g/mol. The Balaban J connectivity index is 2.25. The van der Waals surface area contributed by atoms with Crippen LogP contribution in [0.4, 0.5) is 0 Å². The summed E-state index contributed by atoms with van der Waals surface area (Å²) in [5.74, 6) is 0.627. The molecular formula is C16H17ClN4S3. The van der Waals surface area contributed by atoms with E-state index in [1.54, 1.807) is 11.8 Å². The number of thioether (sulfide) groups is 1. The maximum Gasteiger partial charge on any atom is 0.163 e. The van der Waals surface area contributed by atoms with E-state index in [1.165, 1.54) is 11.8 Å². The van der Waals surface area contributed by atoms with Crippen LogP contribution in [0.15, 0.2) is 52.3 Å². The van der Waals surface area contributed by atoms with Gasteiger partial charge in [-0.05, 0) is 41.5 Å². The normalized spacial score (nSPS) is 10.4. The van der Waals surface area contributed by atoms with E-state index in [1.807, 2.05) is 42.5 Å². The van der Waals surface area contributed by atoms with Crippen molar-refractivity contribution in [3.63, 3.8) is 0 Å². The van der Waals surface area contributed by atoms with E-state index in [-0.39, 0.29) is 10.3 Å². The monoisotopic (exact) mass is 396 g/mol. The first kappa shape index (κ1) is 18.9. The Morgan fingerprint density at radius 2 is 1.88 bits per heavy atom. The van der Waals surface area contributed by atoms with Crippen molar-refractivity contribution in [2.75, 3.05) is 0 Å². The molecule has 126 valence electrons. The number of nitrogens with two attached hydrogens (primary N) is 2. The Bertz CT molecular complexity index is 752. The van der Waals surface area contributed by atoms with E-state index in [9.17, 15) is 0 Å². The number of nitrogens with one attached hydrogen (secondary N) is 2. The molecule has 0 spiro atoms. The van der Waals surface area contributed by atoms with Crippen molar-refractivity contribution in [1.29, 1.82) is 5.41 Å². The fourth-order valence-corrected chi connectivity index (χ4v) is 4.02. The van der Waals surface area contributed by atoms with Gasteiger partial charge in [0, 0.05) is 27.1 Å². The van der Waals surface area contributed by atoms with Crippen molar-refractivity contribution >= 4 is 57.6 Å². The minimum atomic E-state index is 0.0990. The minimum absolute atomic E-state index is 0.0990. The van der Waals surface area contributed by atoms with Crippen LogP contribution in [0.25, 0.3) is 0 Å². The number of hydrogen-bond acceptors (Lipinski definition) is 4. The summed E-state index contributed by atoms with van der Waals surface area (Å²) in [5, 5.41) is 11.4. The van der Waals surface area contributed by atoms with Crippen molar-refractivity contribution < 1.29 is 0 Å². The van der Waals surface area contributed by atoms with Crippen molar-refractivity contribution in [2.24, 2.45) is 11.5 Å². The Labute approximate surface area is 160 Å². The fraction of sp³-hybridized carbons (Fsp3) is 0.125. The summed E-state index contributed by atoms with van der Waals surface area (Å²) in [5.41, 5.74) is 13.1. The van der Waals surface area contributed by atoms with Crippen molar-refractivity contribution in [1.82, 2.24) is 5.32 Å². The van der Waals surface area contributed by atoms with Gasteiger partial charge in [-0.1, -0.05) is 59.4 Å². The molecule has 0 aliphatic rings. The number of benzene rings is 2. The predicted octanol–water partition coefficient (Wildman–Crippen LogP) is 3.95. The summed E-state index contributed by atoms with van der Waals surface area (Å²) >= 11 is 13.9. The van der Waals surface area contributed by atoms with Crippen molar-refractivity contribution in [3.05, 3.63) is 58.6 Å². The van der Waals surface area contributed by atoms with Gasteiger partial charge in [0.1, 0.15) is 0 Å². The predicted molar refractivity (Wildman–Crippen MR) is 109 cm³/mol. The molecule has 0 amide bonds. The second-order valence-electron chi connectivity index (χ2n) is 4.83. The van der Waals surface area contributed by atoms with Gasteiger partial charge in [0.25, 0.3) is 0 Å². The van der Waals surface area contributed by atoms with Crippen molar-refractivity contribution in [2.45, 2.75) is 22.1 Å². The molecule has 0 unspecified atom stereocenters. The van der Waals surface area contributed by atoms with Crippen LogP contribution in [-0.4, -0.2) is 10.3 Å². The minimum Gasteiger partial charge on any atom is -0.379 e. The Morgan fingerprint density at radius 1 is 1.12 bits per heavy atom. The van der Waals surface area contributed by atoms with Gasteiger partial charge in [-0.3, -0.25) is 5.41 Å². The van der Waals surface area contributed by atoms with Crippen LogP contribution in [-0.2, 0) is 12.3 Å². The SMILES string of the molecule is N=C(N)SCc1ccc(Cl)cc1Sc1ccccc1CNC(N)=S. The summed E-state index contributed by atoms with van der Waals surface area (Å²) in [4.78, 5) is 2.14. The molecule has 0 saturated heterocycles. The number of amidine groups is 1. The molecule has 0 saturated carbocycles. The quantitative estimate of drug-likeness (QED) is 0.336. The van der Waals surface area contributed by atoms with Gasteiger partial charge in [-0.2, -0.15) is 0 Å². The molecule has 24 heavy (non-hydrogen) atoms. The van der Waals surface area contributed by atoms with E-state index < -0.39 is 0 Å². The average Bonchev–Trinajstić information content (AvgIpc) is 2.53. The third-order valence-corrected chi connectivity index (χ3v) is 5.42. The molecule has 0 bridgehead atoms. The van der Waals surface area contributed by atoms with Crippen LogP contribution >= 0.6 is 47.3 Å². The highest BCUT2D eigenvalue weighted by atomic mass is 35.5. The molecule has 0 fully saturated rings. The van der Waals surface area contributed by atoms with Crippen LogP contribution in [0, 0.1) is 5.41 Å². The smallest absolute Gasteiger partial charge is 0.163 e. The number of hydrogen-bond donors (Lipinski definition) is 4. The van der Waals surface area contributed by atoms with Gasteiger partial charge in [-0.25, -0.2) is 0 Å². The third-order valence-electron chi connectivity index (χ3n) is 3.06. The number of halogens is 1. The van der Waals surface area contributed by atoms with Gasteiger partial charge in [0.15, 0.2) is 10.3 Å². The van der Waals surface area contributed by atoms with E-state index in [2.05, 4.69) is 5.32 Å². The maximum absolute atomic E-state index is 7.38. The van der Waals surface area contributed by atoms with Gasteiger partial charge < -0.3 is 16.8 Å². The molecule has 8 heteroatoms. The van der Waals surface area contributed by atoms with Crippen LogP contribution in [0.3, 0.4) is 0 Å². The summed E-state index contributed by atoms with van der Waals surface area (Å²) < 4.78 is 0. The lowest BCUT2D eigenvalue weighted by Gasteiger charge is -2.13. The summed E-state index contributed by atoms with van der Waals surface area (Å²) in [6.07, 6.45) is 0. The van der Waals surface area contributed by atoms with Crippen LogP contribution in [0.1, 0.15) is 11.1 Å². The van der Waals surface area contributed by atoms with Crippen LogP contribution in [0.2, 0.25) is 5.02 Å². The Kier molecular flexibility index (Phi) is 7.23. The summed E-state index contributed by atoms with van der Waals surface area (Å²) in [7, 11) is 0. The molecular weight excluding hydrogens is 380 g/mol. The molecule has 0 aliphatic carbocycles. The van der Waals surface area contributed by atoms with E-state index in [0.717, 1.165) is 20.9 Å². The van der Waals surface area contributed by atoms with Gasteiger partial charge >= 0.3 is 0 Å². The molecule has 0 heterocycles. The Hall–Kier alpha value is -1.41. The van der Waals surface area contributed by atoms with E-state index >= 15 is 0 Å². The first-order valence-corrected chi connectivity index (χ1v) is 9.59. The molecule has 0 aromatic heterocycles. The largest absolute Gasteiger partial charge is 0.379 e. The summed E-state index contributed by atoms with van der Waals surface area (Å²) in [6, 6.07) is 13.8. The zero-order valence-electron chi connectivity index (χ0n) is 12.7. The van der Waals surface area contributed by atoms with Crippen molar-refractivity contribution in [3.8, 4) is 0 Å². The van der Waals surface area contributed by atoms with Gasteiger partial charge in [0.05, 0.1) is 0 Å². The highest BCUT2D eigenvalue weighted by molar-refractivity contribution is 8.13. The zero-order chi connectivity index (χ0) is 17.5. The Morgan fingerprint density at radius 3 is 2.58 bits per heavy atom. The standard InChI is InChI=1S/C16H17ClN4S3/c17-12-6-5-11(9-23-15(18)19)14(7-12)24-13-4-2-1-3-10(13)8-21-16(20)22/h1-7H,8-9H2,(H3,18,19)(H3,20,21,22). The molecule has 2 aromatic rings. The van der Waals surface area contributed by atoms with E-state index in [4.69, 9.17) is 40.7 Å². The molecule has 2 rings (SSSR count). The third kappa shape index (κ3) is 5.90. The lowest BCUT2D eigenvalue weighted by atomic mass is 10.2. The summed E-state index contributed by atoms with van der Waals surface area (Å²) in [6.45, 7) is 0.566. The molecule has 4 nitrogen and oxygen atoms in total. The van der Waals surface area contributed by atoms with Gasteiger partial charge in [0.2, 0.25) is 0 Å². The molecule has 0 radical (unpaired) electrons. The molecule has 2 aromatic carbocycles. The lowest BCUT2D eigenvalue weighted by Crippen LogP contribution is -2.28. The topological polar surface area (TPSA) is 87.9 Å². The maximum atomic E-state index is 7.38. The molecule has 0 aliphatic heterocycles. The zero-order valence-corrected chi connectivity index (χ0v) is 15.9. The highest BCUT2D eigenvalue weighted by Gasteiger charge is 2.10. The van der Waals surface area contributed by atoms with E-state index in [0.29, 0.717) is 17.3 Å². The highest BCUT2D eigenvalue weighted by Crippen LogP contribution is 2.35. The van der Waals surface area contributed by atoms with Gasteiger partial charge in [-0.15, -0.1) is 0 Å². The fourth-order valence-electron chi connectivity index (χ4n) is 1.95. The number of rotatable bonds is 6. The first-order valence-electron chi connectivity index (χ1n) is 7.00. The molecule has 6 N–H and O–H groups in total. The molecule has 0 atom stereocenters. The van der Waals surface area contributed by atoms with Crippen LogP contribution < -0.4 is 16.8 Å².